The maximum atomic E-state index is 13.1. The summed E-state index contributed by atoms with van der Waals surface area (Å²) in [5.41, 5.74) is 1.48. The van der Waals surface area contributed by atoms with Crippen LogP contribution in [0, 0.1) is 10.1 Å². The molecule has 0 saturated heterocycles. The molecule has 0 radical (unpaired) electrons. The number of aromatic nitrogens is 2. The molecule has 12 heteroatoms. The molecule has 0 amide bonds. The van der Waals surface area contributed by atoms with E-state index in [0.29, 0.717) is 17.1 Å². The van der Waals surface area contributed by atoms with Gasteiger partial charge in [0.25, 0.3) is 5.69 Å². The van der Waals surface area contributed by atoms with Gasteiger partial charge in [-0.15, -0.1) is 0 Å². The average Bonchev–Trinajstić information content (AvgIpc) is 3.29. The van der Waals surface area contributed by atoms with Gasteiger partial charge in [0.2, 0.25) is 0 Å². The van der Waals surface area contributed by atoms with Crippen LogP contribution in [-0.4, -0.2) is 52.4 Å². The van der Waals surface area contributed by atoms with Crippen molar-refractivity contribution in [2.75, 3.05) is 19.8 Å². The van der Waals surface area contributed by atoms with Gasteiger partial charge in [-0.1, -0.05) is 0 Å². The number of allylic oxidation sites excluding steroid dienone is 2. The Labute approximate surface area is 213 Å². The predicted molar refractivity (Wildman–Crippen MR) is 131 cm³/mol. The highest BCUT2D eigenvalue weighted by Crippen LogP contribution is 2.41. The van der Waals surface area contributed by atoms with Gasteiger partial charge in [0.1, 0.15) is 0 Å². The van der Waals surface area contributed by atoms with Crippen LogP contribution >= 0.6 is 0 Å². The number of hydrogen-bond donors (Lipinski definition) is 1. The zero-order chi connectivity index (χ0) is 27.3. The van der Waals surface area contributed by atoms with E-state index < -0.39 is 28.7 Å². The number of nitrogens with one attached hydrogen (secondary N) is 1. The fourth-order valence-corrected chi connectivity index (χ4v) is 4.08. The smallest absolute Gasteiger partial charge is 0.359 e. The number of benzene rings is 1. The highest BCUT2D eigenvalue weighted by atomic mass is 16.6. The Bertz CT molecular complexity index is 1250. The van der Waals surface area contributed by atoms with E-state index in [1.54, 1.807) is 34.6 Å². The second-order valence-corrected chi connectivity index (χ2v) is 7.95. The highest BCUT2D eigenvalue weighted by Gasteiger charge is 2.41. The number of dihydropyridines is 1. The quantitative estimate of drug-likeness (QED) is 0.229. The van der Waals surface area contributed by atoms with Crippen molar-refractivity contribution in [1.82, 2.24) is 15.1 Å². The molecule has 1 N–H and O–H groups in total. The number of carbonyl (C=O) groups is 3. The molecule has 196 valence electrons. The van der Waals surface area contributed by atoms with Crippen LogP contribution in [0.3, 0.4) is 0 Å². The number of non-ortho nitro benzene ring substituents is 1. The van der Waals surface area contributed by atoms with Gasteiger partial charge in [0.05, 0.1) is 47.5 Å². The first-order valence-electron chi connectivity index (χ1n) is 11.7. The lowest BCUT2D eigenvalue weighted by atomic mass is 9.80. The molecule has 1 aromatic carbocycles. The van der Waals surface area contributed by atoms with Gasteiger partial charge in [-0.05, 0) is 46.8 Å². The molecule has 0 saturated carbocycles. The summed E-state index contributed by atoms with van der Waals surface area (Å²) in [7, 11) is 0. The van der Waals surface area contributed by atoms with Crippen LogP contribution in [-0.2, 0) is 23.8 Å². The van der Waals surface area contributed by atoms with Crippen LogP contribution in [0.5, 0.6) is 0 Å². The molecule has 0 atom stereocenters. The van der Waals surface area contributed by atoms with Gasteiger partial charge in [-0.3, -0.25) is 10.1 Å². The second-order valence-electron chi connectivity index (χ2n) is 7.95. The lowest BCUT2D eigenvalue weighted by Gasteiger charge is -2.30. The van der Waals surface area contributed by atoms with Crippen LogP contribution in [0.25, 0.3) is 5.69 Å². The van der Waals surface area contributed by atoms with E-state index >= 15 is 0 Å². The van der Waals surface area contributed by atoms with Gasteiger partial charge < -0.3 is 19.5 Å². The molecule has 1 aliphatic heterocycles. The summed E-state index contributed by atoms with van der Waals surface area (Å²) in [5, 5.41) is 18.5. The van der Waals surface area contributed by atoms with Crippen molar-refractivity contribution in [2.24, 2.45) is 0 Å². The van der Waals surface area contributed by atoms with Crippen molar-refractivity contribution in [3.05, 3.63) is 74.4 Å². The number of hydrogen-bond acceptors (Lipinski definition) is 10. The summed E-state index contributed by atoms with van der Waals surface area (Å²) in [6, 6.07) is 5.53. The molecule has 2 aromatic rings. The van der Waals surface area contributed by atoms with E-state index in [9.17, 15) is 24.5 Å². The first-order chi connectivity index (χ1) is 17.6. The van der Waals surface area contributed by atoms with E-state index in [2.05, 4.69) is 10.4 Å². The largest absolute Gasteiger partial charge is 0.463 e. The lowest BCUT2D eigenvalue weighted by Crippen LogP contribution is -2.33. The van der Waals surface area contributed by atoms with Crippen LogP contribution in [0.2, 0.25) is 0 Å². The third kappa shape index (κ3) is 5.52. The van der Waals surface area contributed by atoms with Crippen molar-refractivity contribution >= 4 is 23.6 Å². The number of ether oxygens (including phenoxy) is 3. The number of nitro groups is 1. The Morgan fingerprint density at radius 1 is 0.919 bits per heavy atom. The Kier molecular flexibility index (Phi) is 8.43. The summed E-state index contributed by atoms with van der Waals surface area (Å²) in [6.07, 6.45) is 1.49. The van der Waals surface area contributed by atoms with Crippen molar-refractivity contribution in [3.8, 4) is 5.69 Å². The van der Waals surface area contributed by atoms with E-state index in [1.807, 2.05) is 0 Å². The third-order valence-electron chi connectivity index (χ3n) is 5.60. The highest BCUT2D eigenvalue weighted by molar-refractivity contribution is 6.01. The zero-order valence-electron chi connectivity index (χ0n) is 21.2. The number of esters is 3. The maximum Gasteiger partial charge on any atom is 0.359 e. The van der Waals surface area contributed by atoms with Gasteiger partial charge in [-0.25, -0.2) is 19.1 Å². The minimum atomic E-state index is -1.06. The summed E-state index contributed by atoms with van der Waals surface area (Å²) in [5.74, 6) is -3.18. The molecule has 0 bridgehead atoms. The van der Waals surface area contributed by atoms with Gasteiger partial charge in [-0.2, -0.15) is 5.10 Å². The molecule has 0 aliphatic carbocycles. The monoisotopic (exact) mass is 512 g/mol. The zero-order valence-corrected chi connectivity index (χ0v) is 21.2. The fraction of sp³-hybridized carbons (Fsp3) is 0.360. The van der Waals surface area contributed by atoms with Crippen molar-refractivity contribution in [3.63, 3.8) is 0 Å². The number of carbonyl (C=O) groups excluding carboxylic acids is 3. The van der Waals surface area contributed by atoms with Crippen LogP contribution in [0.4, 0.5) is 5.69 Å². The molecule has 1 aromatic heterocycles. The molecule has 1 aliphatic rings. The minimum Gasteiger partial charge on any atom is -0.463 e. The van der Waals surface area contributed by atoms with Crippen molar-refractivity contribution in [1.29, 1.82) is 0 Å². The standard InChI is InChI=1S/C25H28N4O8/c1-6-35-23(30)19-14(4)26-15(5)20(24(31)36-7-2)21(19)18-13-28(27-22(18)25(32)37-8-3)16-9-11-17(12-10-16)29(33)34/h9-13,21,26H,6-8H2,1-5H3. The van der Waals surface area contributed by atoms with Crippen LogP contribution in [0.15, 0.2) is 53.0 Å². The Morgan fingerprint density at radius 3 is 1.86 bits per heavy atom. The topological polar surface area (TPSA) is 152 Å². The first-order valence-corrected chi connectivity index (χ1v) is 11.7. The fourth-order valence-electron chi connectivity index (χ4n) is 4.08. The number of nitrogens with zero attached hydrogens (tertiary/aromatic N) is 3. The molecule has 2 heterocycles. The summed E-state index contributed by atoms with van der Waals surface area (Å²) >= 11 is 0. The molecule has 3 rings (SSSR count). The molecule has 37 heavy (non-hydrogen) atoms. The van der Waals surface area contributed by atoms with Gasteiger partial charge >= 0.3 is 17.9 Å². The van der Waals surface area contributed by atoms with Gasteiger partial charge in [0, 0.05) is 35.3 Å². The average molecular weight is 513 g/mol. The molecular formula is C25H28N4O8. The first kappa shape index (κ1) is 27.1. The molecule has 0 fully saturated rings. The SMILES string of the molecule is CCOC(=O)C1=C(C)NC(C)=C(C(=O)OCC)C1c1cn(-c2ccc([N+](=O)[O-])cc2)nc1C(=O)OCC. The van der Waals surface area contributed by atoms with Crippen LogP contribution in [0.1, 0.15) is 56.6 Å². The second kappa shape index (κ2) is 11.5. The normalized spacial score (nSPS) is 13.8. The Hall–Kier alpha value is -4.48. The Morgan fingerprint density at radius 2 is 1.41 bits per heavy atom. The number of rotatable bonds is 9. The summed E-state index contributed by atoms with van der Waals surface area (Å²) < 4.78 is 17.1. The van der Waals surface area contributed by atoms with E-state index in [4.69, 9.17) is 14.2 Å². The van der Waals surface area contributed by atoms with Crippen molar-refractivity contribution in [2.45, 2.75) is 40.5 Å². The predicted octanol–water partition coefficient (Wildman–Crippen LogP) is 3.32. The van der Waals surface area contributed by atoms with Crippen molar-refractivity contribution < 1.29 is 33.5 Å². The molecule has 12 nitrogen and oxygen atoms in total. The van der Waals surface area contributed by atoms with E-state index in [-0.39, 0.29) is 47.9 Å². The third-order valence-corrected chi connectivity index (χ3v) is 5.60. The molecule has 0 unspecified atom stereocenters. The van der Waals surface area contributed by atoms with Gasteiger partial charge in [0.15, 0.2) is 5.69 Å². The minimum absolute atomic E-state index is 0.0636. The molecular weight excluding hydrogens is 484 g/mol. The lowest BCUT2D eigenvalue weighted by molar-refractivity contribution is -0.384. The number of nitro benzene ring substituents is 1. The summed E-state index contributed by atoms with van der Waals surface area (Å²) in [6.45, 7) is 8.52. The maximum absolute atomic E-state index is 13.1. The van der Waals surface area contributed by atoms with E-state index in [0.717, 1.165) is 0 Å². The Balaban J connectivity index is 2.29. The molecule has 0 spiro atoms. The van der Waals surface area contributed by atoms with Crippen LogP contribution < -0.4 is 5.32 Å². The van der Waals surface area contributed by atoms with E-state index in [1.165, 1.54) is 35.1 Å². The summed E-state index contributed by atoms with van der Waals surface area (Å²) in [4.78, 5) is 49.7.